The first kappa shape index (κ1) is 22.6. The second kappa shape index (κ2) is 8.76. The number of carbonyl (C=O) groups is 1. The van der Waals surface area contributed by atoms with E-state index in [0.717, 1.165) is 12.8 Å². The first-order valence-corrected chi connectivity index (χ1v) is 9.95. The van der Waals surface area contributed by atoms with Crippen molar-refractivity contribution in [1.29, 1.82) is 0 Å². The highest BCUT2D eigenvalue weighted by molar-refractivity contribution is 7.89. The zero-order chi connectivity index (χ0) is 21.1. The van der Waals surface area contributed by atoms with Gasteiger partial charge in [-0.05, 0) is 19.8 Å². The molecule has 0 radical (unpaired) electrons. The molecular formula is C15H22F3N3O6S. The van der Waals surface area contributed by atoms with Crippen molar-refractivity contribution in [3.8, 4) is 0 Å². The van der Waals surface area contributed by atoms with E-state index in [9.17, 15) is 21.6 Å². The summed E-state index contributed by atoms with van der Waals surface area (Å²) in [4.78, 5) is 12.9. The third-order valence-corrected chi connectivity index (χ3v) is 6.08. The van der Waals surface area contributed by atoms with E-state index in [4.69, 9.17) is 19.4 Å². The van der Waals surface area contributed by atoms with Crippen LogP contribution in [0.3, 0.4) is 0 Å². The molecule has 3 rings (SSSR count). The van der Waals surface area contributed by atoms with Gasteiger partial charge < -0.3 is 19.1 Å². The molecule has 0 aliphatic carbocycles. The number of imidazole rings is 1. The summed E-state index contributed by atoms with van der Waals surface area (Å²) in [6, 6.07) is -0.151. The Morgan fingerprint density at radius 1 is 1.46 bits per heavy atom. The summed E-state index contributed by atoms with van der Waals surface area (Å²) in [7, 11) is -1.84. The van der Waals surface area contributed by atoms with Crippen molar-refractivity contribution < 1.29 is 41.0 Å². The molecule has 0 bridgehead atoms. The van der Waals surface area contributed by atoms with Gasteiger partial charge in [-0.2, -0.15) is 17.5 Å². The van der Waals surface area contributed by atoms with Crippen LogP contribution < -0.4 is 0 Å². The van der Waals surface area contributed by atoms with Crippen molar-refractivity contribution in [2.24, 2.45) is 7.05 Å². The zero-order valence-electron chi connectivity index (χ0n) is 15.3. The third-order valence-electron chi connectivity index (χ3n) is 4.31. The first-order chi connectivity index (χ1) is 13.0. The first-order valence-electron chi connectivity index (χ1n) is 8.51. The number of sulfonamides is 1. The monoisotopic (exact) mass is 429 g/mol. The SMILES string of the molecule is CCO[C@@H]1CN(S(=O)(=O)c2cn(C)cn2)[C@@H]2CCCO[C@@H]21.O=C(O)C(F)(F)F. The lowest BCUT2D eigenvalue weighted by Gasteiger charge is -2.31. The Morgan fingerprint density at radius 2 is 2.11 bits per heavy atom. The highest BCUT2D eigenvalue weighted by Gasteiger charge is 2.50. The van der Waals surface area contributed by atoms with E-state index >= 15 is 0 Å². The van der Waals surface area contributed by atoms with Gasteiger partial charge in [-0.25, -0.2) is 18.2 Å². The van der Waals surface area contributed by atoms with E-state index in [1.807, 2.05) is 6.92 Å². The Bertz CT molecular complexity index is 782. The Balaban J connectivity index is 0.000000345. The van der Waals surface area contributed by atoms with Crippen LogP contribution in [-0.2, 0) is 31.3 Å². The van der Waals surface area contributed by atoms with Gasteiger partial charge in [0, 0.05) is 33.0 Å². The van der Waals surface area contributed by atoms with Crippen LogP contribution in [0.5, 0.6) is 0 Å². The number of carboxylic acids is 1. The maximum Gasteiger partial charge on any atom is 0.490 e. The Labute approximate surface area is 160 Å². The van der Waals surface area contributed by atoms with Crippen molar-refractivity contribution in [3.05, 3.63) is 12.5 Å². The smallest absolute Gasteiger partial charge is 0.475 e. The molecule has 1 aromatic rings. The second-order valence-corrected chi connectivity index (χ2v) is 8.13. The van der Waals surface area contributed by atoms with Crippen LogP contribution in [0.4, 0.5) is 13.2 Å². The third kappa shape index (κ3) is 5.01. The minimum absolute atomic E-state index is 0.0893. The largest absolute Gasteiger partial charge is 0.490 e. The molecule has 28 heavy (non-hydrogen) atoms. The van der Waals surface area contributed by atoms with Gasteiger partial charge >= 0.3 is 12.1 Å². The minimum atomic E-state index is -5.08. The molecule has 0 aromatic carbocycles. The summed E-state index contributed by atoms with van der Waals surface area (Å²) in [6.45, 7) is 3.47. The topological polar surface area (TPSA) is 111 Å². The molecule has 2 saturated heterocycles. The zero-order valence-corrected chi connectivity index (χ0v) is 16.1. The molecule has 13 heteroatoms. The molecule has 1 aromatic heterocycles. The normalized spacial score (nSPS) is 25.7. The lowest BCUT2D eigenvalue weighted by atomic mass is 10.0. The van der Waals surface area contributed by atoms with Crippen molar-refractivity contribution in [2.45, 2.75) is 49.2 Å². The van der Waals surface area contributed by atoms with Gasteiger partial charge in [-0.1, -0.05) is 0 Å². The van der Waals surface area contributed by atoms with E-state index in [2.05, 4.69) is 4.98 Å². The van der Waals surface area contributed by atoms with E-state index < -0.39 is 22.2 Å². The number of hydrogen-bond acceptors (Lipinski definition) is 6. The maximum absolute atomic E-state index is 12.8. The van der Waals surface area contributed by atoms with E-state index in [0.29, 0.717) is 19.8 Å². The number of ether oxygens (including phenoxy) is 2. The Hall–Kier alpha value is -1.70. The summed E-state index contributed by atoms with van der Waals surface area (Å²) in [5.74, 6) is -2.76. The molecule has 2 fully saturated rings. The molecule has 3 atom stereocenters. The highest BCUT2D eigenvalue weighted by Crippen LogP contribution is 2.34. The molecule has 0 spiro atoms. The number of alkyl halides is 3. The quantitative estimate of drug-likeness (QED) is 0.760. The fourth-order valence-corrected chi connectivity index (χ4v) is 4.79. The molecule has 0 amide bonds. The molecule has 2 aliphatic heterocycles. The van der Waals surface area contributed by atoms with Crippen LogP contribution >= 0.6 is 0 Å². The van der Waals surface area contributed by atoms with Crippen molar-refractivity contribution in [3.63, 3.8) is 0 Å². The fourth-order valence-electron chi connectivity index (χ4n) is 3.15. The minimum Gasteiger partial charge on any atom is -0.475 e. The van der Waals surface area contributed by atoms with Gasteiger partial charge in [0.15, 0.2) is 5.03 Å². The summed E-state index contributed by atoms with van der Waals surface area (Å²) in [5.41, 5.74) is 0. The summed E-state index contributed by atoms with van der Waals surface area (Å²) < 4.78 is 71.9. The van der Waals surface area contributed by atoms with Crippen LogP contribution in [0.1, 0.15) is 19.8 Å². The van der Waals surface area contributed by atoms with E-state index in [1.165, 1.54) is 16.8 Å². The van der Waals surface area contributed by atoms with Crippen LogP contribution in [-0.4, -0.2) is 77.5 Å². The Kier molecular flexibility index (Phi) is 7.07. The van der Waals surface area contributed by atoms with E-state index in [1.54, 1.807) is 11.6 Å². The van der Waals surface area contributed by atoms with Crippen molar-refractivity contribution in [2.75, 3.05) is 19.8 Å². The van der Waals surface area contributed by atoms with Crippen LogP contribution in [0.2, 0.25) is 0 Å². The highest BCUT2D eigenvalue weighted by atomic mass is 32.2. The molecule has 2 aliphatic rings. The van der Waals surface area contributed by atoms with Gasteiger partial charge in [0.1, 0.15) is 6.10 Å². The number of nitrogens with zero attached hydrogens (tertiary/aromatic N) is 3. The standard InChI is InChI=1S/C13H21N3O4S.C2HF3O2/c1-3-19-11-7-16(10-5-4-6-20-13(10)11)21(17,18)12-8-15(2)9-14-12;3-2(4,5)1(6)7/h8-11,13H,3-7H2,1-2H3;(H,6,7)/t10-,11-,13+;/m1./s1. The number of rotatable bonds is 4. The molecule has 1 N–H and O–H groups in total. The number of aliphatic carboxylic acids is 1. The average Bonchev–Trinajstić information content (AvgIpc) is 3.20. The summed E-state index contributed by atoms with van der Waals surface area (Å²) >= 11 is 0. The lowest BCUT2D eigenvalue weighted by Crippen LogP contribution is -2.43. The van der Waals surface area contributed by atoms with Gasteiger partial charge in [0.25, 0.3) is 10.0 Å². The predicted octanol–water partition coefficient (Wildman–Crippen LogP) is 1.01. The van der Waals surface area contributed by atoms with Crippen LogP contribution in [0.25, 0.3) is 0 Å². The molecule has 160 valence electrons. The number of aryl methyl sites for hydroxylation is 1. The average molecular weight is 429 g/mol. The van der Waals surface area contributed by atoms with Crippen LogP contribution in [0, 0.1) is 0 Å². The predicted molar refractivity (Wildman–Crippen MR) is 89.0 cm³/mol. The van der Waals surface area contributed by atoms with Gasteiger partial charge in [0.2, 0.25) is 0 Å². The van der Waals surface area contributed by atoms with Gasteiger partial charge in [-0.3, -0.25) is 0 Å². The number of fused-ring (bicyclic) bond motifs is 1. The molecule has 3 heterocycles. The van der Waals surface area contributed by atoms with Crippen molar-refractivity contribution >= 4 is 16.0 Å². The molecule has 0 unspecified atom stereocenters. The summed E-state index contributed by atoms with van der Waals surface area (Å²) in [5, 5.41) is 7.21. The van der Waals surface area contributed by atoms with Gasteiger partial charge in [-0.15, -0.1) is 0 Å². The van der Waals surface area contributed by atoms with Crippen molar-refractivity contribution in [1.82, 2.24) is 13.9 Å². The number of aromatic nitrogens is 2. The summed E-state index contributed by atoms with van der Waals surface area (Å²) in [6.07, 6.45) is -0.745. The second-order valence-electron chi connectivity index (χ2n) is 6.29. The fraction of sp³-hybridized carbons (Fsp3) is 0.733. The van der Waals surface area contributed by atoms with Gasteiger partial charge in [0.05, 0.1) is 18.5 Å². The molecular weight excluding hydrogens is 407 g/mol. The number of halogens is 3. The lowest BCUT2D eigenvalue weighted by molar-refractivity contribution is -0.192. The number of hydrogen-bond donors (Lipinski definition) is 1. The van der Waals surface area contributed by atoms with Crippen LogP contribution in [0.15, 0.2) is 17.6 Å². The number of carboxylic acid groups (broad SMARTS) is 1. The van der Waals surface area contributed by atoms with E-state index in [-0.39, 0.29) is 23.3 Å². The Morgan fingerprint density at radius 3 is 2.61 bits per heavy atom. The molecule has 9 nitrogen and oxygen atoms in total. The molecule has 0 saturated carbocycles. The maximum atomic E-state index is 12.8.